The van der Waals surface area contributed by atoms with Crippen LogP contribution >= 0.6 is 0 Å². The minimum atomic E-state index is -1.07. The van der Waals surface area contributed by atoms with E-state index in [2.05, 4.69) is 26.6 Å². The Labute approximate surface area is 101 Å². The fourth-order valence-electron chi connectivity index (χ4n) is 2.23. The second kappa shape index (κ2) is 5.85. The molecule has 1 rings (SSSR count). The highest BCUT2D eigenvalue weighted by molar-refractivity contribution is 6.76. The maximum absolute atomic E-state index is 11.9. The lowest BCUT2D eigenvalue weighted by Gasteiger charge is -2.27. The minimum absolute atomic E-state index is 0.0606. The molecular weight excluding hydrogens is 216 g/mol. The molecule has 94 valence electrons. The van der Waals surface area contributed by atoms with Crippen molar-refractivity contribution in [3.63, 3.8) is 0 Å². The highest BCUT2D eigenvalue weighted by atomic mass is 28.3. The van der Waals surface area contributed by atoms with Gasteiger partial charge in [0.15, 0.2) is 0 Å². The highest BCUT2D eigenvalue weighted by Crippen LogP contribution is 2.30. The van der Waals surface area contributed by atoms with Crippen LogP contribution in [0.5, 0.6) is 0 Å². The van der Waals surface area contributed by atoms with Crippen molar-refractivity contribution < 1.29 is 9.53 Å². The van der Waals surface area contributed by atoms with Crippen molar-refractivity contribution in [3.8, 4) is 0 Å². The molecule has 0 amide bonds. The summed E-state index contributed by atoms with van der Waals surface area (Å²) in [7, 11) is -1.07. The summed E-state index contributed by atoms with van der Waals surface area (Å²) in [6.07, 6.45) is 4.69. The lowest BCUT2D eigenvalue weighted by atomic mass is 9.80. The van der Waals surface area contributed by atoms with Crippen molar-refractivity contribution in [2.24, 2.45) is 11.8 Å². The van der Waals surface area contributed by atoms with Gasteiger partial charge in [-0.15, -0.1) is 0 Å². The summed E-state index contributed by atoms with van der Waals surface area (Å²) in [4.78, 5) is 11.9. The maximum atomic E-state index is 11.9. The smallest absolute Gasteiger partial charge is 0.309 e. The molecule has 0 spiro atoms. The van der Waals surface area contributed by atoms with Gasteiger partial charge in [-0.3, -0.25) is 4.79 Å². The van der Waals surface area contributed by atoms with Crippen molar-refractivity contribution in [3.05, 3.63) is 0 Å². The number of rotatable bonds is 4. The van der Waals surface area contributed by atoms with Gasteiger partial charge in [0.25, 0.3) is 0 Å². The third kappa shape index (κ3) is 4.68. The maximum Gasteiger partial charge on any atom is 0.309 e. The Balaban J connectivity index is 2.29. The van der Waals surface area contributed by atoms with Gasteiger partial charge < -0.3 is 4.74 Å². The first kappa shape index (κ1) is 13.8. The zero-order valence-corrected chi connectivity index (χ0v) is 12.2. The summed E-state index contributed by atoms with van der Waals surface area (Å²) >= 11 is 0. The molecule has 1 aliphatic carbocycles. The fraction of sp³-hybridized carbons (Fsp3) is 0.923. The molecule has 1 aliphatic rings. The van der Waals surface area contributed by atoms with E-state index in [1.165, 1.54) is 19.3 Å². The Morgan fingerprint density at radius 1 is 1.25 bits per heavy atom. The fourth-order valence-corrected chi connectivity index (χ4v) is 2.95. The first-order valence-electron chi connectivity index (χ1n) is 6.57. The zero-order chi connectivity index (χ0) is 12.2. The van der Waals surface area contributed by atoms with Crippen LogP contribution in [0, 0.1) is 11.8 Å². The Kier molecular flexibility index (Phi) is 5.03. The molecule has 0 N–H and O–H groups in total. The van der Waals surface area contributed by atoms with E-state index in [-0.39, 0.29) is 11.9 Å². The van der Waals surface area contributed by atoms with E-state index in [0.29, 0.717) is 12.5 Å². The molecule has 3 heteroatoms. The van der Waals surface area contributed by atoms with Crippen LogP contribution in [0.4, 0.5) is 0 Å². The molecule has 0 bridgehead atoms. The second-order valence-corrected chi connectivity index (χ2v) is 12.0. The lowest BCUT2D eigenvalue weighted by molar-refractivity contribution is -0.150. The number of carbonyl (C=O) groups excluding carboxylic acids is 1. The Bertz CT molecular complexity index is 233. The van der Waals surface area contributed by atoms with Gasteiger partial charge in [0.05, 0.1) is 12.5 Å². The van der Waals surface area contributed by atoms with Crippen LogP contribution in [0.15, 0.2) is 0 Å². The summed E-state index contributed by atoms with van der Waals surface area (Å²) in [5.41, 5.74) is 0. The van der Waals surface area contributed by atoms with Crippen LogP contribution in [0.1, 0.15) is 32.6 Å². The van der Waals surface area contributed by atoms with Crippen molar-refractivity contribution >= 4 is 14.0 Å². The molecule has 0 aromatic heterocycles. The molecule has 16 heavy (non-hydrogen) atoms. The Morgan fingerprint density at radius 2 is 1.88 bits per heavy atom. The normalized spacial score (nSPS) is 26.5. The van der Waals surface area contributed by atoms with Gasteiger partial charge in [-0.2, -0.15) is 0 Å². The molecule has 2 atom stereocenters. The molecule has 0 heterocycles. The predicted octanol–water partition coefficient (Wildman–Crippen LogP) is 3.69. The summed E-state index contributed by atoms with van der Waals surface area (Å²) in [6, 6.07) is 1.08. The van der Waals surface area contributed by atoms with Gasteiger partial charge in [-0.1, -0.05) is 39.4 Å². The number of hydrogen-bond donors (Lipinski definition) is 0. The Morgan fingerprint density at radius 3 is 2.44 bits per heavy atom. The molecule has 2 nitrogen and oxygen atoms in total. The van der Waals surface area contributed by atoms with Crippen molar-refractivity contribution in [1.82, 2.24) is 0 Å². The molecule has 0 saturated heterocycles. The standard InChI is InChI=1S/C13H26O2Si/c1-11-7-5-6-8-12(11)13(14)15-9-10-16(2,3)4/h11-12H,5-10H2,1-4H3. The van der Waals surface area contributed by atoms with Crippen molar-refractivity contribution in [1.29, 1.82) is 0 Å². The quantitative estimate of drug-likeness (QED) is 0.555. The second-order valence-electron chi connectivity index (χ2n) is 6.35. The third-order valence-electron chi connectivity index (χ3n) is 3.51. The molecule has 0 aliphatic heterocycles. The number of esters is 1. The molecule has 0 aromatic carbocycles. The number of ether oxygens (including phenoxy) is 1. The number of hydrogen-bond acceptors (Lipinski definition) is 2. The zero-order valence-electron chi connectivity index (χ0n) is 11.2. The van der Waals surface area contributed by atoms with Gasteiger partial charge in [0.2, 0.25) is 0 Å². The van der Waals surface area contributed by atoms with Crippen LogP contribution in [0.25, 0.3) is 0 Å². The first-order chi connectivity index (χ1) is 7.40. The van der Waals surface area contributed by atoms with E-state index in [1.54, 1.807) is 0 Å². The van der Waals surface area contributed by atoms with E-state index >= 15 is 0 Å². The first-order valence-corrected chi connectivity index (χ1v) is 10.3. The van der Waals surface area contributed by atoms with E-state index in [9.17, 15) is 4.79 Å². The van der Waals surface area contributed by atoms with Gasteiger partial charge in [-0.05, 0) is 24.8 Å². The van der Waals surface area contributed by atoms with E-state index in [0.717, 1.165) is 12.5 Å². The van der Waals surface area contributed by atoms with Gasteiger partial charge in [0.1, 0.15) is 0 Å². The summed E-state index contributed by atoms with van der Waals surface area (Å²) in [5.74, 6) is 0.758. The van der Waals surface area contributed by atoms with E-state index in [1.807, 2.05) is 0 Å². The topological polar surface area (TPSA) is 26.3 Å². The summed E-state index contributed by atoms with van der Waals surface area (Å²) in [6.45, 7) is 9.75. The third-order valence-corrected chi connectivity index (χ3v) is 5.21. The SMILES string of the molecule is CC1CCCCC1C(=O)OCC[Si](C)(C)C. The average molecular weight is 242 g/mol. The van der Waals surface area contributed by atoms with Gasteiger partial charge in [-0.25, -0.2) is 0 Å². The molecular formula is C13H26O2Si. The summed E-state index contributed by atoms with van der Waals surface area (Å²) in [5, 5.41) is 0. The van der Waals surface area contributed by atoms with Crippen molar-refractivity contribution in [2.45, 2.75) is 58.3 Å². The minimum Gasteiger partial charge on any atom is -0.466 e. The lowest BCUT2D eigenvalue weighted by Crippen LogP contribution is -2.29. The molecule has 1 saturated carbocycles. The van der Waals surface area contributed by atoms with Crippen LogP contribution in [-0.2, 0) is 9.53 Å². The van der Waals surface area contributed by atoms with Crippen LogP contribution < -0.4 is 0 Å². The largest absolute Gasteiger partial charge is 0.466 e. The number of carbonyl (C=O) groups is 1. The average Bonchev–Trinajstić information content (AvgIpc) is 2.16. The van der Waals surface area contributed by atoms with Crippen LogP contribution in [-0.4, -0.2) is 20.7 Å². The van der Waals surface area contributed by atoms with Gasteiger partial charge in [0, 0.05) is 8.07 Å². The van der Waals surface area contributed by atoms with E-state index in [4.69, 9.17) is 4.74 Å². The van der Waals surface area contributed by atoms with Crippen LogP contribution in [0.3, 0.4) is 0 Å². The monoisotopic (exact) mass is 242 g/mol. The predicted molar refractivity (Wildman–Crippen MR) is 70.2 cm³/mol. The molecule has 2 unspecified atom stereocenters. The van der Waals surface area contributed by atoms with Crippen molar-refractivity contribution in [2.75, 3.05) is 6.61 Å². The molecule has 0 aromatic rings. The summed E-state index contributed by atoms with van der Waals surface area (Å²) < 4.78 is 5.42. The molecule has 1 fully saturated rings. The van der Waals surface area contributed by atoms with Gasteiger partial charge >= 0.3 is 5.97 Å². The Hall–Kier alpha value is -0.313. The van der Waals surface area contributed by atoms with Crippen LogP contribution in [0.2, 0.25) is 25.7 Å². The van der Waals surface area contributed by atoms with E-state index < -0.39 is 8.07 Å². The highest BCUT2D eigenvalue weighted by Gasteiger charge is 2.29. The molecule has 0 radical (unpaired) electrons.